The zero-order chi connectivity index (χ0) is 11.3. The number of carbonyl (C=O) groups is 2. The lowest BCUT2D eigenvalue weighted by Crippen LogP contribution is -2.41. The summed E-state index contributed by atoms with van der Waals surface area (Å²) in [5.74, 6) is 0.469. The van der Waals surface area contributed by atoms with E-state index in [1.807, 2.05) is 0 Å². The molecule has 0 unspecified atom stereocenters. The summed E-state index contributed by atoms with van der Waals surface area (Å²) in [6.07, 6.45) is 5.33. The van der Waals surface area contributed by atoms with E-state index in [2.05, 4.69) is 12.6 Å². The van der Waals surface area contributed by atoms with E-state index >= 15 is 0 Å². The fourth-order valence-electron chi connectivity index (χ4n) is 2.09. The number of hydrogen-bond acceptors (Lipinski definition) is 3. The van der Waals surface area contributed by atoms with Crippen LogP contribution in [0.1, 0.15) is 39.0 Å². The molecule has 1 saturated carbocycles. The highest BCUT2D eigenvalue weighted by Crippen LogP contribution is 2.25. The van der Waals surface area contributed by atoms with E-state index in [-0.39, 0.29) is 17.7 Å². The fourth-order valence-corrected chi connectivity index (χ4v) is 2.29. The number of imide groups is 1. The molecule has 0 aromatic carbocycles. The van der Waals surface area contributed by atoms with Crippen LogP contribution in [0.5, 0.6) is 0 Å². The molecule has 0 aliphatic heterocycles. The predicted molar refractivity (Wildman–Crippen MR) is 62.8 cm³/mol. The highest BCUT2D eigenvalue weighted by atomic mass is 32.1. The number of nitrogens with zero attached hydrogens (tertiary/aromatic N) is 1. The second kappa shape index (κ2) is 6.16. The smallest absolute Gasteiger partial charge is 0.232 e. The van der Waals surface area contributed by atoms with Crippen LogP contribution in [-0.2, 0) is 9.59 Å². The number of carbonyl (C=O) groups excluding carboxylic acids is 2. The summed E-state index contributed by atoms with van der Waals surface area (Å²) >= 11 is 4.07. The average Bonchev–Trinajstić information content (AvgIpc) is 2.26. The van der Waals surface area contributed by atoms with Gasteiger partial charge in [-0.2, -0.15) is 12.6 Å². The molecule has 0 spiro atoms. The maximum absolute atomic E-state index is 12.0. The zero-order valence-corrected chi connectivity index (χ0v) is 10.1. The van der Waals surface area contributed by atoms with Gasteiger partial charge in [0.05, 0.1) is 0 Å². The van der Waals surface area contributed by atoms with Crippen LogP contribution >= 0.6 is 12.6 Å². The summed E-state index contributed by atoms with van der Waals surface area (Å²) in [4.78, 5) is 24.6. The van der Waals surface area contributed by atoms with Gasteiger partial charge in [0.25, 0.3) is 0 Å². The van der Waals surface area contributed by atoms with Gasteiger partial charge in [-0.05, 0) is 12.8 Å². The van der Waals surface area contributed by atoms with Crippen LogP contribution in [0, 0.1) is 5.92 Å². The first kappa shape index (κ1) is 12.6. The largest absolute Gasteiger partial charge is 0.282 e. The summed E-state index contributed by atoms with van der Waals surface area (Å²) in [7, 11) is 0. The molecule has 0 heterocycles. The molecule has 1 rings (SSSR count). The Bertz CT molecular complexity index is 237. The van der Waals surface area contributed by atoms with E-state index < -0.39 is 0 Å². The van der Waals surface area contributed by atoms with Crippen LogP contribution in [0.25, 0.3) is 0 Å². The van der Waals surface area contributed by atoms with Crippen molar-refractivity contribution in [2.75, 3.05) is 12.3 Å². The lowest BCUT2D eigenvalue weighted by Gasteiger charge is -2.26. The summed E-state index contributed by atoms with van der Waals surface area (Å²) in [5.41, 5.74) is 0. The van der Waals surface area contributed by atoms with Crippen molar-refractivity contribution in [2.45, 2.75) is 39.0 Å². The number of thiol groups is 1. The molecule has 0 aromatic heterocycles. The van der Waals surface area contributed by atoms with Crippen molar-refractivity contribution in [1.29, 1.82) is 0 Å². The van der Waals surface area contributed by atoms with Crippen LogP contribution in [0.3, 0.4) is 0 Å². The lowest BCUT2D eigenvalue weighted by molar-refractivity contribution is -0.146. The number of rotatable bonds is 3. The Morgan fingerprint density at radius 1 is 1.27 bits per heavy atom. The normalized spacial score (nSPS) is 17.5. The molecular formula is C11H19NO2S. The van der Waals surface area contributed by atoms with E-state index in [9.17, 15) is 9.59 Å². The maximum Gasteiger partial charge on any atom is 0.232 e. The Hall–Kier alpha value is -0.510. The van der Waals surface area contributed by atoms with E-state index in [0.29, 0.717) is 12.3 Å². The molecular weight excluding hydrogens is 210 g/mol. The van der Waals surface area contributed by atoms with Crippen molar-refractivity contribution in [3.63, 3.8) is 0 Å². The molecule has 1 aliphatic rings. The summed E-state index contributed by atoms with van der Waals surface area (Å²) in [5, 5.41) is 0. The molecule has 0 radical (unpaired) electrons. The fraction of sp³-hybridized carbons (Fsp3) is 0.818. The van der Waals surface area contributed by atoms with Gasteiger partial charge in [0.1, 0.15) is 0 Å². The van der Waals surface area contributed by atoms with Gasteiger partial charge in [-0.1, -0.05) is 19.3 Å². The Morgan fingerprint density at radius 2 is 1.87 bits per heavy atom. The van der Waals surface area contributed by atoms with Crippen molar-refractivity contribution in [2.24, 2.45) is 5.92 Å². The highest BCUT2D eigenvalue weighted by Gasteiger charge is 2.27. The van der Waals surface area contributed by atoms with Crippen LogP contribution in [0.4, 0.5) is 0 Å². The average molecular weight is 229 g/mol. The van der Waals surface area contributed by atoms with Gasteiger partial charge >= 0.3 is 0 Å². The molecule has 0 atom stereocenters. The van der Waals surface area contributed by atoms with Crippen LogP contribution in [-0.4, -0.2) is 29.0 Å². The van der Waals surface area contributed by atoms with Gasteiger partial charge in [-0.15, -0.1) is 0 Å². The van der Waals surface area contributed by atoms with Gasteiger partial charge in [0, 0.05) is 25.1 Å². The second-order valence-corrected chi connectivity index (χ2v) is 4.51. The van der Waals surface area contributed by atoms with Gasteiger partial charge < -0.3 is 0 Å². The van der Waals surface area contributed by atoms with E-state index in [1.54, 1.807) is 0 Å². The molecule has 0 N–H and O–H groups in total. The van der Waals surface area contributed by atoms with Crippen molar-refractivity contribution >= 4 is 24.4 Å². The van der Waals surface area contributed by atoms with Crippen LogP contribution in [0.15, 0.2) is 0 Å². The van der Waals surface area contributed by atoms with Crippen molar-refractivity contribution in [1.82, 2.24) is 4.90 Å². The lowest BCUT2D eigenvalue weighted by atomic mass is 9.88. The Balaban J connectivity index is 2.57. The standard InChI is InChI=1S/C11H19NO2S/c1-9(13)12(7-8-15)11(14)10-5-3-2-4-6-10/h10,15H,2-8H2,1H3. The number of hydrogen-bond donors (Lipinski definition) is 1. The third-order valence-electron chi connectivity index (χ3n) is 2.92. The highest BCUT2D eigenvalue weighted by molar-refractivity contribution is 7.80. The Labute approximate surface area is 96.6 Å². The Kier molecular flexibility index (Phi) is 5.15. The number of amides is 2. The monoisotopic (exact) mass is 229 g/mol. The first-order valence-electron chi connectivity index (χ1n) is 5.59. The Morgan fingerprint density at radius 3 is 2.33 bits per heavy atom. The van der Waals surface area contributed by atoms with Gasteiger partial charge in [-0.3, -0.25) is 14.5 Å². The summed E-state index contributed by atoms with van der Waals surface area (Å²) in [6, 6.07) is 0. The van der Waals surface area contributed by atoms with Crippen LogP contribution < -0.4 is 0 Å². The molecule has 3 nitrogen and oxygen atoms in total. The van der Waals surface area contributed by atoms with Gasteiger partial charge in [-0.25, -0.2) is 0 Å². The molecule has 0 bridgehead atoms. The molecule has 4 heteroatoms. The third kappa shape index (κ3) is 3.52. The topological polar surface area (TPSA) is 37.4 Å². The second-order valence-electron chi connectivity index (χ2n) is 4.07. The molecule has 15 heavy (non-hydrogen) atoms. The van der Waals surface area contributed by atoms with Gasteiger partial charge in [0.2, 0.25) is 11.8 Å². The first-order chi connectivity index (χ1) is 7.16. The van der Waals surface area contributed by atoms with Crippen molar-refractivity contribution in [3.8, 4) is 0 Å². The van der Waals surface area contributed by atoms with Crippen molar-refractivity contribution < 1.29 is 9.59 Å². The summed E-state index contributed by atoms with van der Waals surface area (Å²) < 4.78 is 0. The maximum atomic E-state index is 12.0. The van der Waals surface area contributed by atoms with Crippen molar-refractivity contribution in [3.05, 3.63) is 0 Å². The molecule has 0 aromatic rings. The van der Waals surface area contributed by atoms with Gasteiger partial charge in [0.15, 0.2) is 0 Å². The predicted octanol–water partition coefficient (Wildman–Crippen LogP) is 1.87. The minimum Gasteiger partial charge on any atom is -0.282 e. The first-order valence-corrected chi connectivity index (χ1v) is 6.23. The molecule has 0 saturated heterocycles. The van der Waals surface area contributed by atoms with E-state index in [4.69, 9.17) is 0 Å². The minimum atomic E-state index is -0.153. The zero-order valence-electron chi connectivity index (χ0n) is 9.24. The van der Waals surface area contributed by atoms with E-state index in [0.717, 1.165) is 25.7 Å². The molecule has 1 aliphatic carbocycles. The quantitative estimate of drug-likeness (QED) is 0.750. The summed E-state index contributed by atoms with van der Waals surface area (Å²) in [6.45, 7) is 1.89. The molecule has 2 amide bonds. The third-order valence-corrected chi connectivity index (χ3v) is 3.12. The SMILES string of the molecule is CC(=O)N(CCS)C(=O)C1CCCCC1. The molecule has 1 fully saturated rings. The molecule has 86 valence electrons. The van der Waals surface area contributed by atoms with E-state index in [1.165, 1.54) is 18.2 Å². The van der Waals surface area contributed by atoms with Crippen LogP contribution in [0.2, 0.25) is 0 Å². The minimum absolute atomic E-state index is 0.0104.